The molecular formula is C24H20N4O3S2. The van der Waals surface area contributed by atoms with E-state index in [2.05, 4.69) is 10.2 Å². The highest BCUT2D eigenvalue weighted by Crippen LogP contribution is 2.27. The number of aromatic nitrogens is 4. The second-order valence-electron chi connectivity index (χ2n) is 7.52. The number of benzene rings is 2. The van der Waals surface area contributed by atoms with Crippen molar-refractivity contribution in [1.29, 1.82) is 0 Å². The Morgan fingerprint density at radius 2 is 1.91 bits per heavy atom. The number of nitrogens with zero attached hydrogens (tertiary/aromatic N) is 4. The first-order valence-electron chi connectivity index (χ1n) is 10.2. The molecule has 2 aromatic carbocycles. The molecule has 0 atom stereocenters. The van der Waals surface area contributed by atoms with Crippen LogP contribution in [0.25, 0.3) is 22.4 Å². The summed E-state index contributed by atoms with van der Waals surface area (Å²) in [6.45, 7) is 3.96. The fourth-order valence-electron chi connectivity index (χ4n) is 3.87. The van der Waals surface area contributed by atoms with Gasteiger partial charge in [-0.05, 0) is 44.2 Å². The lowest BCUT2D eigenvalue weighted by Crippen LogP contribution is -2.22. The summed E-state index contributed by atoms with van der Waals surface area (Å²) in [7, 11) is 1.58. The van der Waals surface area contributed by atoms with Gasteiger partial charge in [-0.25, -0.2) is 4.57 Å². The lowest BCUT2D eigenvalue weighted by Gasteiger charge is -2.12. The Hall–Kier alpha value is -3.43. The predicted molar refractivity (Wildman–Crippen MR) is 131 cm³/mol. The number of rotatable bonds is 6. The van der Waals surface area contributed by atoms with Crippen molar-refractivity contribution < 1.29 is 9.53 Å². The van der Waals surface area contributed by atoms with Crippen LogP contribution in [0.4, 0.5) is 0 Å². The molecule has 0 aliphatic heterocycles. The van der Waals surface area contributed by atoms with Crippen LogP contribution in [-0.2, 0) is 0 Å². The number of aryl methyl sites for hydroxylation is 2. The maximum absolute atomic E-state index is 13.4. The van der Waals surface area contributed by atoms with E-state index < -0.39 is 0 Å². The summed E-state index contributed by atoms with van der Waals surface area (Å²) in [5.74, 6) is 1.28. The fraction of sp³-hybridized carbons (Fsp3) is 0.167. The maximum atomic E-state index is 13.4. The molecule has 0 aliphatic carbocycles. The molecule has 3 aromatic heterocycles. The number of fused-ring (bicyclic) bond motifs is 3. The van der Waals surface area contributed by atoms with E-state index in [4.69, 9.17) is 4.74 Å². The van der Waals surface area contributed by atoms with Crippen LogP contribution in [0.15, 0.2) is 64.5 Å². The van der Waals surface area contributed by atoms with Crippen molar-refractivity contribution in [2.75, 3.05) is 12.9 Å². The summed E-state index contributed by atoms with van der Waals surface area (Å²) in [4.78, 5) is 28.4. The minimum absolute atomic E-state index is 0.0454. The van der Waals surface area contributed by atoms with Gasteiger partial charge in [0.15, 0.2) is 10.9 Å². The molecule has 0 unspecified atom stereocenters. The largest absolute Gasteiger partial charge is 0.497 e. The van der Waals surface area contributed by atoms with Gasteiger partial charge in [0.2, 0.25) is 5.78 Å². The lowest BCUT2D eigenvalue weighted by molar-refractivity contribution is 0.102. The average Bonchev–Trinajstić information content (AvgIpc) is 3.40. The van der Waals surface area contributed by atoms with E-state index in [9.17, 15) is 9.59 Å². The molecule has 0 radical (unpaired) electrons. The number of thiophene rings is 1. The molecule has 5 rings (SSSR count). The van der Waals surface area contributed by atoms with Crippen LogP contribution in [0.3, 0.4) is 0 Å². The first kappa shape index (κ1) is 21.4. The van der Waals surface area contributed by atoms with Gasteiger partial charge in [-0.15, -0.1) is 21.5 Å². The quantitative estimate of drug-likeness (QED) is 0.261. The van der Waals surface area contributed by atoms with Crippen molar-refractivity contribution in [3.63, 3.8) is 0 Å². The Morgan fingerprint density at radius 3 is 2.67 bits per heavy atom. The Balaban J connectivity index is 1.65. The predicted octanol–water partition coefficient (Wildman–Crippen LogP) is 4.70. The first-order valence-corrected chi connectivity index (χ1v) is 12.0. The van der Waals surface area contributed by atoms with E-state index in [1.54, 1.807) is 30.6 Å². The molecule has 166 valence electrons. The highest BCUT2D eigenvalue weighted by Gasteiger charge is 2.20. The van der Waals surface area contributed by atoms with Gasteiger partial charge in [-0.3, -0.25) is 14.0 Å². The van der Waals surface area contributed by atoms with Crippen LogP contribution < -0.4 is 10.3 Å². The lowest BCUT2D eigenvalue weighted by atomic mass is 10.2. The van der Waals surface area contributed by atoms with Crippen molar-refractivity contribution in [2.24, 2.45) is 0 Å². The maximum Gasteiger partial charge on any atom is 0.267 e. The molecule has 0 bridgehead atoms. The molecule has 0 aliphatic rings. The fourth-order valence-corrected chi connectivity index (χ4v) is 5.64. The molecule has 0 fully saturated rings. The smallest absolute Gasteiger partial charge is 0.267 e. The number of hydrogen-bond acceptors (Lipinski definition) is 7. The summed E-state index contributed by atoms with van der Waals surface area (Å²) in [5, 5.41) is 9.77. The van der Waals surface area contributed by atoms with E-state index in [1.807, 2.05) is 60.7 Å². The van der Waals surface area contributed by atoms with Gasteiger partial charge in [-0.1, -0.05) is 30.0 Å². The Bertz CT molecular complexity index is 1580. The van der Waals surface area contributed by atoms with Gasteiger partial charge in [0, 0.05) is 21.4 Å². The van der Waals surface area contributed by atoms with Crippen molar-refractivity contribution >= 4 is 45.6 Å². The van der Waals surface area contributed by atoms with Crippen molar-refractivity contribution in [1.82, 2.24) is 19.2 Å². The van der Waals surface area contributed by atoms with E-state index in [1.165, 1.54) is 16.3 Å². The Morgan fingerprint density at radius 1 is 1.09 bits per heavy atom. The molecule has 5 aromatic rings. The van der Waals surface area contributed by atoms with Crippen molar-refractivity contribution in [3.05, 3.63) is 80.3 Å². The van der Waals surface area contributed by atoms with Gasteiger partial charge in [0.05, 0.1) is 29.5 Å². The molecule has 7 nitrogen and oxygen atoms in total. The molecule has 0 amide bonds. The minimum atomic E-state index is -0.198. The highest BCUT2D eigenvalue weighted by atomic mass is 32.2. The molecular weight excluding hydrogens is 456 g/mol. The summed E-state index contributed by atoms with van der Waals surface area (Å²) in [6.07, 6.45) is 0. The number of thioether (sulfide) groups is 1. The molecule has 0 saturated carbocycles. The number of carbonyl (C=O) groups excluding carboxylic acids is 1. The second kappa shape index (κ2) is 8.49. The molecule has 33 heavy (non-hydrogen) atoms. The summed E-state index contributed by atoms with van der Waals surface area (Å²) >= 11 is 2.93. The number of ether oxygens (including phenoxy) is 1. The third kappa shape index (κ3) is 3.73. The van der Waals surface area contributed by atoms with Crippen molar-refractivity contribution in [2.45, 2.75) is 19.0 Å². The van der Waals surface area contributed by atoms with Crippen molar-refractivity contribution in [3.8, 4) is 11.4 Å². The number of carbonyl (C=O) groups is 1. The molecule has 0 spiro atoms. The van der Waals surface area contributed by atoms with Crippen LogP contribution in [0, 0.1) is 13.8 Å². The monoisotopic (exact) mass is 476 g/mol. The molecule has 0 saturated heterocycles. The van der Waals surface area contributed by atoms with Crippen LogP contribution in [0.5, 0.6) is 5.75 Å². The number of methoxy groups -OCH3 is 1. The van der Waals surface area contributed by atoms with E-state index in [0.717, 1.165) is 15.3 Å². The van der Waals surface area contributed by atoms with Crippen LogP contribution in [0.1, 0.15) is 20.1 Å². The molecule has 0 N–H and O–H groups in total. The SMILES string of the molecule is COc1cccc(-n2c(=O)c3ccccc3n3c(SCC(=O)c4cc(C)sc4C)nnc23)c1. The standard InChI is InChI=1S/C24H20N4O3S2/c1-14-11-19(15(2)33-14)21(29)13-32-24-26-25-23-27(16-7-6-8-17(12-16)31-3)22(30)18-9-4-5-10-20(18)28(23)24/h4-12H,13H2,1-3H3. The third-order valence-corrected chi connectivity index (χ3v) is 7.27. The van der Waals surface area contributed by atoms with Gasteiger partial charge >= 0.3 is 0 Å². The van der Waals surface area contributed by atoms with Gasteiger partial charge in [0.25, 0.3) is 5.56 Å². The zero-order chi connectivity index (χ0) is 23.1. The van der Waals surface area contributed by atoms with Gasteiger partial charge in [-0.2, -0.15) is 0 Å². The normalized spacial score (nSPS) is 11.4. The Kier molecular flexibility index (Phi) is 5.51. The number of ketones is 1. The number of Topliss-reactive ketones (excluding diaryl/α,β-unsaturated/α-hetero) is 1. The Labute approximate surface area is 197 Å². The second-order valence-corrected chi connectivity index (χ2v) is 9.92. The summed E-state index contributed by atoms with van der Waals surface area (Å²) in [5.41, 5.74) is 1.87. The highest BCUT2D eigenvalue weighted by molar-refractivity contribution is 7.99. The van der Waals surface area contributed by atoms with Crippen LogP contribution >= 0.6 is 23.1 Å². The van der Waals surface area contributed by atoms with E-state index >= 15 is 0 Å². The minimum Gasteiger partial charge on any atom is -0.497 e. The molecule has 3 heterocycles. The summed E-state index contributed by atoms with van der Waals surface area (Å²) in [6, 6.07) is 16.5. The zero-order valence-electron chi connectivity index (χ0n) is 18.2. The van der Waals surface area contributed by atoms with E-state index in [-0.39, 0.29) is 17.1 Å². The number of para-hydroxylation sites is 1. The van der Waals surface area contributed by atoms with Crippen LogP contribution in [-0.4, -0.2) is 37.8 Å². The first-order chi connectivity index (χ1) is 16.0. The third-order valence-electron chi connectivity index (χ3n) is 5.38. The van der Waals surface area contributed by atoms with Gasteiger partial charge in [0.1, 0.15) is 5.75 Å². The number of hydrogen-bond donors (Lipinski definition) is 0. The topological polar surface area (TPSA) is 78.5 Å². The van der Waals surface area contributed by atoms with Crippen LogP contribution in [0.2, 0.25) is 0 Å². The van der Waals surface area contributed by atoms with Gasteiger partial charge < -0.3 is 4.74 Å². The summed E-state index contributed by atoms with van der Waals surface area (Å²) < 4.78 is 8.70. The van der Waals surface area contributed by atoms with E-state index in [0.29, 0.717) is 33.3 Å². The average molecular weight is 477 g/mol. The zero-order valence-corrected chi connectivity index (χ0v) is 19.9. The molecule has 9 heteroatoms.